The number of amides is 1. The first-order chi connectivity index (χ1) is 15.1. The highest BCUT2D eigenvalue weighted by atomic mass is 16.3. The Balaban J connectivity index is 1.23. The monoisotopic (exact) mass is 418 g/mol. The molecule has 3 N–H and O–H groups in total. The Morgan fingerprint density at radius 1 is 1.16 bits per heavy atom. The number of nitrogens with one attached hydrogen (secondary N) is 2. The molecule has 31 heavy (non-hydrogen) atoms. The Kier molecular flexibility index (Phi) is 6.79. The number of carbonyl (C=O) groups is 1. The number of para-hydroxylation sites is 1. The molecule has 0 atom stereocenters. The number of rotatable bonds is 7. The van der Waals surface area contributed by atoms with Crippen LogP contribution >= 0.6 is 0 Å². The third-order valence-electron chi connectivity index (χ3n) is 6.01. The molecule has 0 bridgehead atoms. The zero-order chi connectivity index (χ0) is 21.6. The molecule has 6 heteroatoms. The van der Waals surface area contributed by atoms with Crippen LogP contribution in [0.15, 0.2) is 54.7 Å². The topological polar surface area (TPSA) is 77.5 Å². The first-order valence-corrected chi connectivity index (χ1v) is 11.0. The van der Waals surface area contributed by atoms with Crippen LogP contribution < -0.4 is 10.6 Å². The summed E-state index contributed by atoms with van der Waals surface area (Å²) >= 11 is 0. The number of fused-ring (bicyclic) bond motifs is 1. The SMILES string of the molecule is Cc1cccc(CO)c1NC1CCN(CCC(=O)Nc2ccc3ncccc3c2)CC1. The molecule has 1 aliphatic rings. The van der Waals surface area contributed by atoms with Crippen LogP contribution in [-0.4, -0.2) is 46.6 Å². The van der Waals surface area contributed by atoms with Gasteiger partial charge in [0.2, 0.25) is 5.91 Å². The molecule has 3 aromatic rings. The van der Waals surface area contributed by atoms with Crippen molar-refractivity contribution >= 4 is 28.2 Å². The molecule has 1 aliphatic heterocycles. The number of piperidine rings is 1. The molecule has 1 saturated heterocycles. The molecular formula is C25H30N4O2. The lowest BCUT2D eigenvalue weighted by Crippen LogP contribution is -2.40. The minimum Gasteiger partial charge on any atom is -0.392 e. The molecule has 162 valence electrons. The van der Waals surface area contributed by atoms with E-state index in [4.69, 9.17) is 0 Å². The summed E-state index contributed by atoms with van der Waals surface area (Å²) in [6.07, 6.45) is 4.30. The van der Waals surface area contributed by atoms with E-state index in [1.165, 1.54) is 0 Å². The molecule has 1 amide bonds. The molecule has 4 rings (SSSR count). The standard InChI is InChI=1S/C25H30N4O2/c1-18-4-2-5-20(17-30)25(18)28-21-9-13-29(14-10-21)15-11-24(31)27-22-7-8-23-19(16-22)6-3-12-26-23/h2-8,12,16,21,28,30H,9-11,13-15,17H2,1H3,(H,27,31). The Morgan fingerprint density at radius 2 is 2.00 bits per heavy atom. The number of aliphatic hydroxyl groups is 1. The van der Waals surface area contributed by atoms with Gasteiger partial charge in [0.15, 0.2) is 0 Å². The van der Waals surface area contributed by atoms with Gasteiger partial charge in [-0.25, -0.2) is 0 Å². The highest BCUT2D eigenvalue weighted by molar-refractivity contribution is 5.93. The number of pyridine rings is 1. The number of likely N-dealkylation sites (tertiary alicyclic amines) is 1. The first kappa shape index (κ1) is 21.3. The zero-order valence-corrected chi connectivity index (χ0v) is 18.0. The number of nitrogens with zero attached hydrogens (tertiary/aromatic N) is 2. The molecule has 6 nitrogen and oxygen atoms in total. The van der Waals surface area contributed by atoms with Crippen molar-refractivity contribution in [1.29, 1.82) is 0 Å². The first-order valence-electron chi connectivity index (χ1n) is 11.0. The van der Waals surface area contributed by atoms with Crippen LogP contribution in [0.1, 0.15) is 30.4 Å². The van der Waals surface area contributed by atoms with Gasteiger partial charge in [0.05, 0.1) is 12.1 Å². The predicted molar refractivity (Wildman–Crippen MR) is 125 cm³/mol. The summed E-state index contributed by atoms with van der Waals surface area (Å²) in [7, 11) is 0. The van der Waals surface area contributed by atoms with E-state index >= 15 is 0 Å². The van der Waals surface area contributed by atoms with E-state index in [-0.39, 0.29) is 12.5 Å². The summed E-state index contributed by atoms with van der Waals surface area (Å²) in [5.41, 5.74) is 4.91. The van der Waals surface area contributed by atoms with E-state index < -0.39 is 0 Å². The van der Waals surface area contributed by atoms with Crippen LogP contribution in [0.5, 0.6) is 0 Å². The van der Waals surface area contributed by atoms with Gasteiger partial charge in [0.1, 0.15) is 0 Å². The van der Waals surface area contributed by atoms with Gasteiger partial charge < -0.3 is 20.6 Å². The van der Waals surface area contributed by atoms with Crippen molar-refractivity contribution < 1.29 is 9.90 Å². The normalized spacial score (nSPS) is 15.2. The molecule has 0 aliphatic carbocycles. The van der Waals surface area contributed by atoms with Gasteiger partial charge in [-0.05, 0) is 49.6 Å². The van der Waals surface area contributed by atoms with Crippen LogP contribution in [0.25, 0.3) is 10.9 Å². The molecular weight excluding hydrogens is 388 g/mol. The van der Waals surface area contributed by atoms with Crippen molar-refractivity contribution in [3.05, 3.63) is 65.9 Å². The second-order valence-electron chi connectivity index (χ2n) is 8.24. The van der Waals surface area contributed by atoms with Crippen molar-refractivity contribution in [2.45, 2.75) is 38.8 Å². The quantitative estimate of drug-likeness (QED) is 0.542. The minimum absolute atomic E-state index is 0.0380. The van der Waals surface area contributed by atoms with Crippen LogP contribution in [-0.2, 0) is 11.4 Å². The van der Waals surface area contributed by atoms with E-state index in [0.29, 0.717) is 12.5 Å². The Hall–Kier alpha value is -2.96. The number of hydrogen-bond acceptors (Lipinski definition) is 5. The molecule has 2 aromatic carbocycles. The third kappa shape index (κ3) is 5.40. The summed E-state index contributed by atoms with van der Waals surface area (Å²) < 4.78 is 0. The average molecular weight is 419 g/mol. The van der Waals surface area contributed by atoms with Crippen molar-refractivity contribution in [2.75, 3.05) is 30.3 Å². The fourth-order valence-corrected chi connectivity index (χ4v) is 4.21. The Labute approximate surface area is 183 Å². The van der Waals surface area contributed by atoms with Crippen LogP contribution in [0.3, 0.4) is 0 Å². The minimum atomic E-state index is 0.0380. The molecule has 2 heterocycles. The van der Waals surface area contributed by atoms with Gasteiger partial charge in [-0.15, -0.1) is 0 Å². The van der Waals surface area contributed by atoms with Gasteiger partial charge in [0.25, 0.3) is 0 Å². The summed E-state index contributed by atoms with van der Waals surface area (Å²) in [5.74, 6) is 0.0380. The maximum atomic E-state index is 12.4. The van der Waals surface area contributed by atoms with E-state index in [9.17, 15) is 9.90 Å². The largest absolute Gasteiger partial charge is 0.392 e. The smallest absolute Gasteiger partial charge is 0.225 e. The number of anilines is 2. The zero-order valence-electron chi connectivity index (χ0n) is 18.0. The van der Waals surface area contributed by atoms with Crippen LogP contribution in [0, 0.1) is 6.92 Å². The molecule has 0 unspecified atom stereocenters. The van der Waals surface area contributed by atoms with Gasteiger partial charge in [-0.3, -0.25) is 9.78 Å². The van der Waals surface area contributed by atoms with E-state index in [1.807, 2.05) is 42.5 Å². The highest BCUT2D eigenvalue weighted by Crippen LogP contribution is 2.24. The molecule has 0 spiro atoms. The lowest BCUT2D eigenvalue weighted by molar-refractivity contribution is -0.116. The summed E-state index contributed by atoms with van der Waals surface area (Å²) in [4.78, 5) is 19.1. The average Bonchev–Trinajstić information content (AvgIpc) is 2.80. The molecule has 1 fully saturated rings. The van der Waals surface area contributed by atoms with E-state index in [2.05, 4.69) is 33.5 Å². The number of benzene rings is 2. The third-order valence-corrected chi connectivity index (χ3v) is 6.01. The Bertz CT molecular complexity index is 1040. The fourth-order valence-electron chi connectivity index (χ4n) is 4.21. The number of aromatic nitrogens is 1. The van der Waals surface area contributed by atoms with E-state index in [0.717, 1.165) is 65.9 Å². The van der Waals surface area contributed by atoms with Gasteiger partial charge in [0, 0.05) is 60.6 Å². The second-order valence-corrected chi connectivity index (χ2v) is 8.24. The molecule has 1 aromatic heterocycles. The van der Waals surface area contributed by atoms with Gasteiger partial charge >= 0.3 is 0 Å². The molecule has 0 saturated carbocycles. The molecule has 0 radical (unpaired) electrons. The number of carbonyl (C=O) groups excluding carboxylic acids is 1. The van der Waals surface area contributed by atoms with Crippen LogP contribution in [0.4, 0.5) is 11.4 Å². The van der Waals surface area contributed by atoms with E-state index in [1.54, 1.807) is 6.20 Å². The number of aryl methyl sites for hydroxylation is 1. The predicted octanol–water partition coefficient (Wildman–Crippen LogP) is 3.94. The van der Waals surface area contributed by atoms with Crippen molar-refractivity contribution in [2.24, 2.45) is 0 Å². The summed E-state index contributed by atoms with van der Waals surface area (Å²) in [6.45, 7) is 4.81. The number of aliphatic hydroxyl groups excluding tert-OH is 1. The summed E-state index contributed by atoms with van der Waals surface area (Å²) in [6, 6.07) is 16.1. The van der Waals surface area contributed by atoms with Crippen molar-refractivity contribution in [1.82, 2.24) is 9.88 Å². The van der Waals surface area contributed by atoms with Gasteiger partial charge in [-0.2, -0.15) is 0 Å². The summed E-state index contributed by atoms with van der Waals surface area (Å²) in [5, 5.41) is 17.3. The van der Waals surface area contributed by atoms with Crippen molar-refractivity contribution in [3.63, 3.8) is 0 Å². The maximum Gasteiger partial charge on any atom is 0.225 e. The lowest BCUT2D eigenvalue weighted by atomic mass is 10.0. The Morgan fingerprint density at radius 3 is 2.81 bits per heavy atom. The fraction of sp³-hybridized carbons (Fsp3) is 0.360. The van der Waals surface area contributed by atoms with Crippen molar-refractivity contribution in [3.8, 4) is 0 Å². The lowest BCUT2D eigenvalue weighted by Gasteiger charge is -2.33. The second kappa shape index (κ2) is 9.90. The van der Waals surface area contributed by atoms with Crippen LogP contribution in [0.2, 0.25) is 0 Å². The van der Waals surface area contributed by atoms with Gasteiger partial charge in [-0.1, -0.05) is 24.3 Å². The number of hydrogen-bond donors (Lipinski definition) is 3. The highest BCUT2D eigenvalue weighted by Gasteiger charge is 2.20. The maximum absolute atomic E-state index is 12.4.